The number of nitrogens with zero attached hydrogens (tertiary/aromatic N) is 1. The molecule has 1 unspecified atom stereocenters. The number of ether oxygens (including phenoxy) is 1. The fourth-order valence-corrected chi connectivity index (χ4v) is 3.87. The standard InChI is InChI=1S/C19H21NO2S/c1-14-11-12-20(17-5-3-4-6-18(17)23-14)19(21)13-15-7-9-16(22-2)10-8-15/h3-10,14H,11-13H2,1-2H3. The van der Waals surface area contributed by atoms with E-state index in [1.54, 1.807) is 7.11 Å². The zero-order chi connectivity index (χ0) is 16.2. The van der Waals surface area contributed by atoms with Crippen molar-refractivity contribution < 1.29 is 9.53 Å². The highest BCUT2D eigenvalue weighted by atomic mass is 32.2. The van der Waals surface area contributed by atoms with Gasteiger partial charge in [0.05, 0.1) is 19.2 Å². The summed E-state index contributed by atoms with van der Waals surface area (Å²) >= 11 is 1.85. The summed E-state index contributed by atoms with van der Waals surface area (Å²) in [6, 6.07) is 15.9. The molecule has 1 amide bonds. The number of anilines is 1. The first-order chi connectivity index (χ1) is 11.2. The van der Waals surface area contributed by atoms with E-state index in [1.165, 1.54) is 4.90 Å². The normalized spacial score (nSPS) is 17.3. The maximum Gasteiger partial charge on any atom is 0.231 e. The van der Waals surface area contributed by atoms with Gasteiger partial charge < -0.3 is 9.64 Å². The van der Waals surface area contributed by atoms with Crippen LogP contribution in [-0.2, 0) is 11.2 Å². The number of fused-ring (bicyclic) bond motifs is 1. The van der Waals surface area contributed by atoms with Gasteiger partial charge in [-0.2, -0.15) is 0 Å². The van der Waals surface area contributed by atoms with Crippen LogP contribution in [0, 0.1) is 0 Å². The van der Waals surface area contributed by atoms with Crippen LogP contribution < -0.4 is 9.64 Å². The highest BCUT2D eigenvalue weighted by molar-refractivity contribution is 8.00. The van der Waals surface area contributed by atoms with Crippen LogP contribution in [0.4, 0.5) is 5.69 Å². The number of carbonyl (C=O) groups excluding carboxylic acids is 1. The molecule has 3 nitrogen and oxygen atoms in total. The molecule has 1 aliphatic heterocycles. The molecule has 4 heteroatoms. The third-order valence-corrected chi connectivity index (χ3v) is 5.30. The summed E-state index contributed by atoms with van der Waals surface area (Å²) in [5.74, 6) is 0.962. The van der Waals surface area contributed by atoms with E-state index >= 15 is 0 Å². The lowest BCUT2D eigenvalue weighted by Crippen LogP contribution is -2.33. The van der Waals surface area contributed by atoms with E-state index in [0.717, 1.165) is 30.0 Å². The van der Waals surface area contributed by atoms with Crippen molar-refractivity contribution >= 4 is 23.4 Å². The highest BCUT2D eigenvalue weighted by Crippen LogP contribution is 2.37. The molecule has 2 aromatic carbocycles. The molecule has 0 bridgehead atoms. The van der Waals surface area contributed by atoms with Crippen LogP contribution in [0.1, 0.15) is 18.9 Å². The Morgan fingerprint density at radius 2 is 1.96 bits per heavy atom. The Kier molecular flexibility index (Phi) is 4.91. The molecular formula is C19H21NO2S. The van der Waals surface area contributed by atoms with Gasteiger partial charge in [-0.05, 0) is 36.2 Å². The topological polar surface area (TPSA) is 29.5 Å². The summed E-state index contributed by atoms with van der Waals surface area (Å²) in [6.45, 7) is 3.00. The molecule has 1 heterocycles. The number of rotatable bonds is 3. The Balaban J connectivity index is 1.80. The van der Waals surface area contributed by atoms with Crippen molar-refractivity contribution in [3.63, 3.8) is 0 Å². The summed E-state index contributed by atoms with van der Waals surface area (Å²) in [4.78, 5) is 16.0. The summed E-state index contributed by atoms with van der Waals surface area (Å²) in [5.41, 5.74) is 2.05. The Hall–Kier alpha value is -1.94. The molecule has 3 rings (SSSR count). The van der Waals surface area contributed by atoms with E-state index in [4.69, 9.17) is 4.74 Å². The van der Waals surface area contributed by atoms with Gasteiger partial charge >= 0.3 is 0 Å². The second-order valence-corrected chi connectivity index (χ2v) is 7.24. The smallest absolute Gasteiger partial charge is 0.231 e. The van der Waals surface area contributed by atoms with Gasteiger partial charge in [-0.3, -0.25) is 4.79 Å². The summed E-state index contributed by atoms with van der Waals surface area (Å²) in [5, 5.41) is 0.523. The van der Waals surface area contributed by atoms with Crippen molar-refractivity contribution in [1.82, 2.24) is 0 Å². The van der Waals surface area contributed by atoms with Gasteiger partial charge in [-0.15, -0.1) is 11.8 Å². The number of thioether (sulfide) groups is 1. The predicted octanol–water partition coefficient (Wildman–Crippen LogP) is 4.16. The molecule has 0 saturated carbocycles. The third kappa shape index (κ3) is 3.70. The van der Waals surface area contributed by atoms with Gasteiger partial charge in [0.2, 0.25) is 5.91 Å². The summed E-state index contributed by atoms with van der Waals surface area (Å²) in [6.07, 6.45) is 1.42. The van der Waals surface area contributed by atoms with Crippen molar-refractivity contribution in [2.75, 3.05) is 18.6 Å². The maximum absolute atomic E-state index is 12.8. The van der Waals surface area contributed by atoms with Crippen LogP contribution in [0.2, 0.25) is 0 Å². The van der Waals surface area contributed by atoms with Crippen molar-refractivity contribution in [1.29, 1.82) is 0 Å². The molecule has 1 aliphatic rings. The maximum atomic E-state index is 12.8. The van der Waals surface area contributed by atoms with Crippen LogP contribution in [0.3, 0.4) is 0 Å². The average Bonchev–Trinajstić information content (AvgIpc) is 2.73. The van der Waals surface area contributed by atoms with Gasteiger partial charge in [0, 0.05) is 16.7 Å². The fraction of sp³-hybridized carbons (Fsp3) is 0.316. The molecule has 23 heavy (non-hydrogen) atoms. The minimum absolute atomic E-state index is 0.150. The van der Waals surface area contributed by atoms with E-state index in [1.807, 2.05) is 59.1 Å². The number of benzene rings is 2. The Labute approximate surface area is 141 Å². The molecule has 0 saturated heterocycles. The van der Waals surface area contributed by atoms with Crippen molar-refractivity contribution in [3.05, 3.63) is 54.1 Å². The fourth-order valence-electron chi connectivity index (χ4n) is 2.76. The Bertz CT molecular complexity index is 684. The number of carbonyl (C=O) groups is 1. The largest absolute Gasteiger partial charge is 0.497 e. The molecule has 120 valence electrons. The number of amides is 1. The molecular weight excluding hydrogens is 306 g/mol. The van der Waals surface area contributed by atoms with E-state index in [-0.39, 0.29) is 5.91 Å². The van der Waals surface area contributed by atoms with Crippen molar-refractivity contribution in [2.45, 2.75) is 29.9 Å². The molecule has 0 fully saturated rings. The van der Waals surface area contributed by atoms with Gasteiger partial charge in [-0.25, -0.2) is 0 Å². The van der Waals surface area contributed by atoms with E-state index in [2.05, 4.69) is 13.0 Å². The Morgan fingerprint density at radius 3 is 2.70 bits per heavy atom. The van der Waals surface area contributed by atoms with Gasteiger partial charge in [0.25, 0.3) is 0 Å². The number of hydrogen-bond acceptors (Lipinski definition) is 3. The highest BCUT2D eigenvalue weighted by Gasteiger charge is 2.23. The van der Waals surface area contributed by atoms with Gasteiger partial charge in [0.1, 0.15) is 5.75 Å². The number of para-hydroxylation sites is 1. The minimum Gasteiger partial charge on any atom is -0.497 e. The molecule has 0 spiro atoms. The molecule has 0 N–H and O–H groups in total. The lowest BCUT2D eigenvalue weighted by Gasteiger charge is -2.22. The van der Waals surface area contributed by atoms with E-state index < -0.39 is 0 Å². The van der Waals surface area contributed by atoms with Crippen LogP contribution in [-0.4, -0.2) is 24.8 Å². The third-order valence-electron chi connectivity index (χ3n) is 4.06. The van der Waals surface area contributed by atoms with Crippen LogP contribution in [0.25, 0.3) is 0 Å². The van der Waals surface area contributed by atoms with E-state index in [0.29, 0.717) is 11.7 Å². The number of methoxy groups -OCH3 is 1. The summed E-state index contributed by atoms with van der Waals surface area (Å²) < 4.78 is 5.17. The van der Waals surface area contributed by atoms with Crippen LogP contribution in [0.5, 0.6) is 5.75 Å². The molecule has 2 aromatic rings. The summed E-state index contributed by atoms with van der Waals surface area (Å²) in [7, 11) is 1.65. The number of hydrogen-bond donors (Lipinski definition) is 0. The van der Waals surface area contributed by atoms with Crippen molar-refractivity contribution in [2.24, 2.45) is 0 Å². The first-order valence-corrected chi connectivity index (χ1v) is 8.74. The lowest BCUT2D eigenvalue weighted by molar-refractivity contribution is -0.118. The van der Waals surface area contributed by atoms with Gasteiger partial charge in [0.15, 0.2) is 0 Å². The average molecular weight is 327 g/mol. The molecule has 1 atom stereocenters. The predicted molar refractivity (Wildman–Crippen MR) is 95.4 cm³/mol. The SMILES string of the molecule is COc1ccc(CC(=O)N2CCC(C)Sc3ccccc32)cc1. The first kappa shape index (κ1) is 15.9. The zero-order valence-electron chi connectivity index (χ0n) is 13.5. The zero-order valence-corrected chi connectivity index (χ0v) is 14.3. The lowest BCUT2D eigenvalue weighted by atomic mass is 10.1. The monoisotopic (exact) mass is 327 g/mol. The molecule has 0 aliphatic carbocycles. The quantitative estimate of drug-likeness (QED) is 0.848. The first-order valence-electron chi connectivity index (χ1n) is 7.86. The van der Waals surface area contributed by atoms with Crippen LogP contribution >= 0.6 is 11.8 Å². The van der Waals surface area contributed by atoms with Crippen LogP contribution in [0.15, 0.2) is 53.4 Å². The molecule has 0 aromatic heterocycles. The van der Waals surface area contributed by atoms with Gasteiger partial charge in [-0.1, -0.05) is 31.2 Å². The molecule has 0 radical (unpaired) electrons. The minimum atomic E-state index is 0.150. The van der Waals surface area contributed by atoms with Crippen molar-refractivity contribution in [3.8, 4) is 5.75 Å². The second-order valence-electron chi connectivity index (χ2n) is 5.76. The Morgan fingerprint density at radius 1 is 1.22 bits per heavy atom. The second kappa shape index (κ2) is 7.09. The van der Waals surface area contributed by atoms with E-state index in [9.17, 15) is 4.79 Å².